The summed E-state index contributed by atoms with van der Waals surface area (Å²) in [4.78, 5) is 10.7. The minimum absolute atomic E-state index is 0.0170. The van der Waals surface area contributed by atoms with Crippen LogP contribution in [0.25, 0.3) is 0 Å². The molecule has 1 aliphatic rings. The maximum absolute atomic E-state index is 8.96. The van der Waals surface area contributed by atoms with Crippen molar-refractivity contribution in [3.05, 3.63) is 47.8 Å². The Kier molecular flexibility index (Phi) is 2.49. The number of nitrogens with zero attached hydrogens (tertiary/aromatic N) is 3. The Balaban J connectivity index is 1.95. The van der Waals surface area contributed by atoms with Gasteiger partial charge in [0, 0.05) is 30.2 Å². The molecule has 1 N–H and O–H groups in total. The zero-order chi connectivity index (χ0) is 11.7. The average Bonchev–Trinajstić information content (AvgIpc) is 2.83. The van der Waals surface area contributed by atoms with Gasteiger partial charge in [-0.3, -0.25) is 0 Å². The molecule has 0 bridgehead atoms. The van der Waals surface area contributed by atoms with Crippen LogP contribution in [-0.4, -0.2) is 21.6 Å². The van der Waals surface area contributed by atoms with Crippen LogP contribution in [0.4, 0.5) is 11.6 Å². The third kappa shape index (κ3) is 1.76. The van der Waals surface area contributed by atoms with Crippen molar-refractivity contribution >= 4 is 11.6 Å². The topological polar surface area (TPSA) is 49.3 Å². The highest BCUT2D eigenvalue weighted by molar-refractivity contribution is 5.65. The lowest BCUT2D eigenvalue weighted by Gasteiger charge is -2.16. The van der Waals surface area contributed by atoms with Gasteiger partial charge in [0.2, 0.25) is 5.95 Å². The molecule has 0 amide bonds. The zero-order valence-corrected chi connectivity index (χ0v) is 9.37. The Morgan fingerprint density at radius 1 is 1.18 bits per heavy atom. The van der Waals surface area contributed by atoms with E-state index >= 15 is 0 Å². The highest BCUT2D eigenvalue weighted by Crippen LogP contribution is 2.31. The number of benzene rings is 1. The van der Waals surface area contributed by atoms with Crippen LogP contribution in [0.1, 0.15) is 11.1 Å². The van der Waals surface area contributed by atoms with E-state index in [-0.39, 0.29) is 6.61 Å². The van der Waals surface area contributed by atoms with Gasteiger partial charge in [0.25, 0.3) is 0 Å². The first-order chi connectivity index (χ1) is 8.38. The van der Waals surface area contributed by atoms with Crippen LogP contribution < -0.4 is 4.90 Å². The first kappa shape index (κ1) is 10.2. The number of rotatable bonds is 2. The van der Waals surface area contributed by atoms with Gasteiger partial charge in [0.1, 0.15) is 0 Å². The Morgan fingerprint density at radius 2 is 1.94 bits per heavy atom. The number of para-hydroxylation sites is 1. The summed E-state index contributed by atoms with van der Waals surface area (Å²) < 4.78 is 0. The molecule has 1 aromatic carbocycles. The molecule has 0 spiro atoms. The van der Waals surface area contributed by atoms with Crippen molar-refractivity contribution in [1.82, 2.24) is 9.97 Å². The SMILES string of the molecule is OCc1cnc(N2CCc3ccccc32)nc1. The summed E-state index contributed by atoms with van der Waals surface area (Å²) in [5.74, 6) is 0.701. The summed E-state index contributed by atoms with van der Waals surface area (Å²) in [5, 5.41) is 8.96. The van der Waals surface area contributed by atoms with Gasteiger partial charge in [-0.25, -0.2) is 9.97 Å². The molecule has 4 heteroatoms. The second-order valence-corrected chi connectivity index (χ2v) is 4.08. The van der Waals surface area contributed by atoms with Gasteiger partial charge < -0.3 is 10.0 Å². The summed E-state index contributed by atoms with van der Waals surface area (Å²) >= 11 is 0. The van der Waals surface area contributed by atoms with Gasteiger partial charge in [-0.1, -0.05) is 18.2 Å². The molecular weight excluding hydrogens is 214 g/mol. The maximum atomic E-state index is 8.96. The summed E-state index contributed by atoms with van der Waals surface area (Å²) in [5.41, 5.74) is 3.26. The molecule has 0 fully saturated rings. The van der Waals surface area contributed by atoms with Crippen molar-refractivity contribution < 1.29 is 5.11 Å². The van der Waals surface area contributed by atoms with Crippen molar-refractivity contribution in [2.75, 3.05) is 11.4 Å². The Labute approximate surface area is 99.6 Å². The molecule has 1 aromatic heterocycles. The quantitative estimate of drug-likeness (QED) is 0.847. The molecule has 0 saturated heterocycles. The highest BCUT2D eigenvalue weighted by atomic mass is 16.3. The number of fused-ring (bicyclic) bond motifs is 1. The second kappa shape index (κ2) is 4.14. The van der Waals surface area contributed by atoms with Crippen LogP contribution in [0.15, 0.2) is 36.7 Å². The van der Waals surface area contributed by atoms with Crippen LogP contribution >= 0.6 is 0 Å². The third-order valence-corrected chi connectivity index (χ3v) is 3.00. The van der Waals surface area contributed by atoms with Gasteiger partial charge in [-0.05, 0) is 18.1 Å². The van der Waals surface area contributed by atoms with E-state index in [1.54, 1.807) is 12.4 Å². The fraction of sp³-hybridized carbons (Fsp3) is 0.231. The van der Waals surface area contributed by atoms with E-state index in [0.717, 1.165) is 18.5 Å². The molecule has 2 heterocycles. The van der Waals surface area contributed by atoms with Gasteiger partial charge in [-0.2, -0.15) is 0 Å². The van der Waals surface area contributed by atoms with Crippen LogP contribution in [0.3, 0.4) is 0 Å². The molecule has 0 radical (unpaired) electrons. The van der Waals surface area contributed by atoms with Crippen LogP contribution in [-0.2, 0) is 13.0 Å². The van der Waals surface area contributed by atoms with Gasteiger partial charge >= 0.3 is 0 Å². The lowest BCUT2D eigenvalue weighted by atomic mass is 10.2. The largest absolute Gasteiger partial charge is 0.392 e. The van der Waals surface area contributed by atoms with E-state index in [1.807, 2.05) is 6.07 Å². The lowest BCUT2D eigenvalue weighted by molar-refractivity contribution is 0.281. The van der Waals surface area contributed by atoms with Crippen LogP contribution in [0.2, 0.25) is 0 Å². The second-order valence-electron chi connectivity index (χ2n) is 4.08. The maximum Gasteiger partial charge on any atom is 0.229 e. The molecule has 0 unspecified atom stereocenters. The summed E-state index contributed by atoms with van der Waals surface area (Å²) in [6.07, 6.45) is 4.37. The molecule has 0 atom stereocenters. The van der Waals surface area contributed by atoms with Gasteiger partial charge in [0.05, 0.1) is 6.61 Å². The smallest absolute Gasteiger partial charge is 0.229 e. The highest BCUT2D eigenvalue weighted by Gasteiger charge is 2.21. The number of aliphatic hydroxyl groups is 1. The predicted molar refractivity (Wildman–Crippen MR) is 65.1 cm³/mol. The van der Waals surface area contributed by atoms with E-state index in [2.05, 4.69) is 33.1 Å². The fourth-order valence-electron chi connectivity index (χ4n) is 2.11. The molecule has 3 rings (SSSR count). The normalized spacial score (nSPS) is 13.8. The molecule has 1 aliphatic heterocycles. The van der Waals surface area contributed by atoms with Crippen LogP contribution in [0.5, 0.6) is 0 Å². The monoisotopic (exact) mass is 227 g/mol. The predicted octanol–water partition coefficient (Wildman–Crippen LogP) is 1.66. The van der Waals surface area contributed by atoms with E-state index < -0.39 is 0 Å². The molecule has 0 aliphatic carbocycles. The van der Waals surface area contributed by atoms with E-state index in [1.165, 1.54) is 11.3 Å². The molecule has 4 nitrogen and oxygen atoms in total. The van der Waals surface area contributed by atoms with Crippen molar-refractivity contribution in [2.45, 2.75) is 13.0 Å². The minimum atomic E-state index is -0.0170. The van der Waals surface area contributed by atoms with E-state index in [9.17, 15) is 0 Å². The summed E-state index contributed by atoms with van der Waals surface area (Å²) in [6, 6.07) is 8.31. The fourth-order valence-corrected chi connectivity index (χ4v) is 2.11. The van der Waals surface area contributed by atoms with Crippen molar-refractivity contribution in [3.8, 4) is 0 Å². The first-order valence-corrected chi connectivity index (χ1v) is 5.66. The Bertz CT molecular complexity index is 524. The summed E-state index contributed by atoms with van der Waals surface area (Å²) in [6.45, 7) is 0.898. The standard InChI is InChI=1S/C13H13N3O/c17-9-10-7-14-13(15-8-10)16-6-5-11-3-1-2-4-12(11)16/h1-4,7-8,17H,5-6,9H2. The first-order valence-electron chi connectivity index (χ1n) is 5.66. The average molecular weight is 227 g/mol. The van der Waals surface area contributed by atoms with Crippen molar-refractivity contribution in [2.24, 2.45) is 0 Å². The summed E-state index contributed by atoms with van der Waals surface area (Å²) in [7, 11) is 0. The van der Waals surface area contributed by atoms with Gasteiger partial charge in [0.15, 0.2) is 0 Å². The van der Waals surface area contributed by atoms with Gasteiger partial charge in [-0.15, -0.1) is 0 Å². The molecular formula is C13H13N3O. The van der Waals surface area contributed by atoms with E-state index in [4.69, 9.17) is 5.11 Å². The van der Waals surface area contributed by atoms with Crippen molar-refractivity contribution in [3.63, 3.8) is 0 Å². The number of hydrogen-bond acceptors (Lipinski definition) is 4. The van der Waals surface area contributed by atoms with Crippen molar-refractivity contribution in [1.29, 1.82) is 0 Å². The molecule has 2 aromatic rings. The Hall–Kier alpha value is -1.94. The minimum Gasteiger partial charge on any atom is -0.392 e. The molecule has 86 valence electrons. The van der Waals surface area contributed by atoms with Crippen LogP contribution in [0, 0.1) is 0 Å². The zero-order valence-electron chi connectivity index (χ0n) is 9.37. The van der Waals surface area contributed by atoms with E-state index in [0.29, 0.717) is 5.95 Å². The number of hydrogen-bond donors (Lipinski definition) is 1. The molecule has 0 saturated carbocycles. The molecule has 17 heavy (non-hydrogen) atoms. The number of anilines is 2. The number of aromatic nitrogens is 2. The number of aliphatic hydroxyl groups excluding tert-OH is 1. The Morgan fingerprint density at radius 3 is 2.71 bits per heavy atom. The lowest BCUT2D eigenvalue weighted by Crippen LogP contribution is -2.16. The third-order valence-electron chi connectivity index (χ3n) is 3.00.